The molecule has 3 atom stereocenters. The van der Waals surface area contributed by atoms with E-state index in [1.807, 2.05) is 6.07 Å². The molecular weight excluding hydrogens is 360 g/mol. The van der Waals surface area contributed by atoms with Crippen LogP contribution in [0, 0.1) is 0 Å². The number of rotatable bonds is 6. The fraction of sp³-hybridized carbons (Fsp3) is 0.471. The number of ether oxygens (including phenoxy) is 2. The highest BCUT2D eigenvalue weighted by molar-refractivity contribution is 8.01. The van der Waals surface area contributed by atoms with Crippen LogP contribution in [0.3, 0.4) is 0 Å². The first-order valence-corrected chi connectivity index (χ1v) is 8.88. The van der Waals surface area contributed by atoms with Crippen LogP contribution in [0.5, 0.6) is 5.75 Å². The third kappa shape index (κ3) is 2.62. The van der Waals surface area contributed by atoms with Crippen LogP contribution in [0.25, 0.3) is 0 Å². The number of carboxylic acid groups (broad SMARTS) is 1. The molecule has 2 heterocycles. The van der Waals surface area contributed by atoms with Crippen LogP contribution in [0.1, 0.15) is 13.8 Å². The molecule has 2 aliphatic rings. The van der Waals surface area contributed by atoms with E-state index in [1.165, 1.54) is 23.8 Å². The van der Waals surface area contributed by atoms with Gasteiger partial charge in [0.2, 0.25) is 5.66 Å². The summed E-state index contributed by atoms with van der Waals surface area (Å²) in [7, 11) is 1.40. The average Bonchev–Trinajstić information content (AvgIpc) is 2.79. The lowest BCUT2D eigenvalue weighted by Crippen LogP contribution is -2.78. The molecule has 9 heteroatoms. The van der Waals surface area contributed by atoms with Crippen molar-refractivity contribution in [2.45, 2.75) is 35.7 Å². The van der Waals surface area contributed by atoms with Crippen molar-refractivity contribution in [3.05, 3.63) is 30.3 Å². The molecular formula is C17H20N2O6S. The van der Waals surface area contributed by atoms with E-state index in [0.29, 0.717) is 5.75 Å². The number of benzene rings is 1. The number of thioether (sulfide) groups is 1. The summed E-state index contributed by atoms with van der Waals surface area (Å²) < 4.78 is 9.56. The third-order valence-corrected chi connectivity index (χ3v) is 6.22. The molecule has 0 saturated carbocycles. The average molecular weight is 380 g/mol. The summed E-state index contributed by atoms with van der Waals surface area (Å²) in [6.45, 7) is 3.01. The third-order valence-electron chi connectivity index (χ3n) is 4.64. The molecule has 0 bridgehead atoms. The second-order valence-electron chi connectivity index (χ2n) is 6.55. The molecule has 2 N–H and O–H groups in total. The molecule has 140 valence electrons. The summed E-state index contributed by atoms with van der Waals surface area (Å²) in [6.07, 6.45) is -0.710. The van der Waals surface area contributed by atoms with Gasteiger partial charge in [0.25, 0.3) is 11.8 Å². The summed E-state index contributed by atoms with van der Waals surface area (Å²) >= 11 is 1.29. The lowest BCUT2D eigenvalue weighted by Gasteiger charge is -2.49. The number of carbonyl (C=O) groups excluding carboxylic acids is 2. The number of hydrogen-bond donors (Lipinski definition) is 2. The summed E-state index contributed by atoms with van der Waals surface area (Å²) in [4.78, 5) is 38.2. The first-order chi connectivity index (χ1) is 12.2. The van der Waals surface area contributed by atoms with E-state index in [9.17, 15) is 19.5 Å². The van der Waals surface area contributed by atoms with Gasteiger partial charge in [0, 0.05) is 7.11 Å². The van der Waals surface area contributed by atoms with Crippen LogP contribution in [0.4, 0.5) is 0 Å². The van der Waals surface area contributed by atoms with Crippen LogP contribution < -0.4 is 10.1 Å². The zero-order chi connectivity index (χ0) is 19.1. The second kappa shape index (κ2) is 6.48. The van der Waals surface area contributed by atoms with Crippen molar-refractivity contribution < 1.29 is 29.0 Å². The number of carboxylic acids is 1. The Morgan fingerprint density at radius 1 is 1.31 bits per heavy atom. The number of nitrogens with zero attached hydrogens (tertiary/aromatic N) is 1. The van der Waals surface area contributed by atoms with Crippen molar-refractivity contribution in [2.24, 2.45) is 0 Å². The first-order valence-electron chi connectivity index (χ1n) is 8.00. The van der Waals surface area contributed by atoms with Crippen LogP contribution in [-0.4, -0.2) is 63.4 Å². The molecule has 2 saturated heterocycles. The lowest BCUT2D eigenvalue weighted by molar-refractivity contribution is -0.187. The second-order valence-corrected chi connectivity index (χ2v) is 8.29. The van der Waals surface area contributed by atoms with Crippen molar-refractivity contribution in [3.8, 4) is 5.75 Å². The maximum Gasteiger partial charge on any atom is 0.352 e. The summed E-state index contributed by atoms with van der Waals surface area (Å²) in [5, 5.41) is 12.0. The van der Waals surface area contributed by atoms with Gasteiger partial charge < -0.3 is 19.9 Å². The number of carbonyl (C=O) groups is 3. The molecule has 0 radical (unpaired) electrons. The highest BCUT2D eigenvalue weighted by Gasteiger charge is 2.74. The van der Waals surface area contributed by atoms with Gasteiger partial charge in [-0.15, -0.1) is 11.8 Å². The summed E-state index contributed by atoms with van der Waals surface area (Å²) in [5.41, 5.74) is -1.87. The fourth-order valence-corrected chi connectivity index (χ4v) is 5.06. The Kier molecular flexibility index (Phi) is 4.61. The zero-order valence-corrected chi connectivity index (χ0v) is 15.4. The number of hydrogen-bond acceptors (Lipinski definition) is 6. The maximum absolute atomic E-state index is 12.4. The van der Waals surface area contributed by atoms with Crippen LogP contribution >= 0.6 is 11.8 Å². The maximum atomic E-state index is 12.4. The minimum Gasteiger partial charge on any atom is -0.484 e. The standard InChI is InChI=1S/C17H20N2O6S/c1-16(2)17(15(22)23,19-13(21)12(24-3)14(19)26-16)18-11(20)9-25-10-7-5-4-6-8-10/h4-8,12,14H,9H2,1-3H3,(H,18,20)(H,22,23)/t12-,14+,17-/m0/s1. The Labute approximate surface area is 154 Å². The molecule has 2 aliphatic heterocycles. The molecule has 0 aliphatic carbocycles. The molecule has 0 spiro atoms. The molecule has 8 nitrogen and oxygen atoms in total. The number of amides is 2. The van der Waals surface area contributed by atoms with Crippen molar-refractivity contribution in [1.29, 1.82) is 0 Å². The van der Waals surface area contributed by atoms with E-state index in [1.54, 1.807) is 38.1 Å². The number of β-lactam (4-membered cyclic amide) rings is 1. The van der Waals surface area contributed by atoms with E-state index in [2.05, 4.69) is 5.32 Å². The molecule has 2 amide bonds. The molecule has 26 heavy (non-hydrogen) atoms. The minimum atomic E-state index is -1.87. The van der Waals surface area contributed by atoms with Crippen molar-refractivity contribution in [3.63, 3.8) is 0 Å². The molecule has 2 fully saturated rings. The van der Waals surface area contributed by atoms with Crippen molar-refractivity contribution in [1.82, 2.24) is 10.2 Å². The Bertz CT molecular complexity index is 740. The van der Waals surface area contributed by atoms with Gasteiger partial charge in [0.1, 0.15) is 11.1 Å². The number of methoxy groups -OCH3 is 1. The highest BCUT2D eigenvalue weighted by Crippen LogP contribution is 2.56. The molecule has 1 aromatic carbocycles. The Morgan fingerprint density at radius 2 is 1.96 bits per heavy atom. The van der Waals surface area contributed by atoms with Gasteiger partial charge in [-0.25, -0.2) is 4.79 Å². The summed E-state index contributed by atoms with van der Waals surface area (Å²) in [6, 6.07) is 8.71. The van der Waals surface area contributed by atoms with Gasteiger partial charge in [-0.05, 0) is 26.0 Å². The van der Waals surface area contributed by atoms with Crippen LogP contribution in [0.15, 0.2) is 30.3 Å². The fourth-order valence-electron chi connectivity index (χ4n) is 3.33. The van der Waals surface area contributed by atoms with E-state index >= 15 is 0 Å². The van der Waals surface area contributed by atoms with Crippen molar-refractivity contribution in [2.75, 3.05) is 13.7 Å². The quantitative estimate of drug-likeness (QED) is 0.699. The largest absolute Gasteiger partial charge is 0.484 e. The van der Waals surface area contributed by atoms with Gasteiger partial charge in [-0.1, -0.05) is 18.2 Å². The summed E-state index contributed by atoms with van der Waals surface area (Å²) in [5.74, 6) is -1.89. The number of fused-ring (bicyclic) bond motifs is 1. The van der Waals surface area contributed by atoms with Gasteiger partial charge in [0.05, 0.1) is 4.75 Å². The normalized spacial score (nSPS) is 28.9. The van der Waals surface area contributed by atoms with Crippen LogP contribution in [0.2, 0.25) is 0 Å². The van der Waals surface area contributed by atoms with Crippen molar-refractivity contribution >= 4 is 29.5 Å². The van der Waals surface area contributed by atoms with E-state index in [-0.39, 0.29) is 6.61 Å². The molecule has 0 aromatic heterocycles. The Morgan fingerprint density at radius 3 is 2.54 bits per heavy atom. The Balaban J connectivity index is 1.80. The Hall–Kier alpha value is -2.26. The van der Waals surface area contributed by atoms with Gasteiger partial charge >= 0.3 is 5.97 Å². The van der Waals surface area contributed by atoms with Gasteiger partial charge in [0.15, 0.2) is 12.7 Å². The minimum absolute atomic E-state index is 0.361. The van der Waals surface area contributed by atoms with E-state index < -0.39 is 39.7 Å². The number of nitrogens with one attached hydrogen (secondary N) is 1. The monoisotopic (exact) mass is 380 g/mol. The van der Waals surface area contributed by atoms with Gasteiger partial charge in [-0.2, -0.15) is 0 Å². The SMILES string of the molecule is CO[C@H]1C(=O)N2[C@@H]1SC(C)(C)[C@]2(NC(=O)COc1ccccc1)C(=O)O. The number of para-hydroxylation sites is 1. The molecule has 3 rings (SSSR count). The first kappa shape index (κ1) is 18.5. The number of aliphatic carboxylic acids is 1. The zero-order valence-electron chi connectivity index (χ0n) is 14.6. The highest BCUT2D eigenvalue weighted by atomic mass is 32.2. The van der Waals surface area contributed by atoms with E-state index in [4.69, 9.17) is 9.47 Å². The predicted molar refractivity (Wildman–Crippen MR) is 93.5 cm³/mol. The van der Waals surface area contributed by atoms with Gasteiger partial charge in [-0.3, -0.25) is 14.5 Å². The van der Waals surface area contributed by atoms with E-state index in [0.717, 1.165) is 0 Å². The smallest absolute Gasteiger partial charge is 0.352 e. The topological polar surface area (TPSA) is 105 Å². The molecule has 1 aromatic rings. The molecule has 0 unspecified atom stereocenters. The van der Waals surface area contributed by atoms with Crippen LogP contribution in [-0.2, 0) is 19.1 Å². The lowest BCUT2D eigenvalue weighted by atomic mass is 9.89. The predicted octanol–water partition coefficient (Wildman–Crippen LogP) is 0.671.